The van der Waals surface area contributed by atoms with Crippen LogP contribution >= 0.6 is 0 Å². The standard InChI is InChI=1S/C18H32O4/c1-2-3-4-5-6-7-8-9-10-11-12-13-14-15-16(17(19)20)18(21)22/h14-16H,2-13H2,1H3,(H,19,20)(H,21,22)/b15-14-. The lowest BCUT2D eigenvalue weighted by molar-refractivity contribution is -0.151. The second-order valence-corrected chi connectivity index (χ2v) is 5.91. The highest BCUT2D eigenvalue weighted by Gasteiger charge is 2.21. The minimum atomic E-state index is -1.41. The summed E-state index contributed by atoms with van der Waals surface area (Å²) in [5.74, 6) is -4.02. The van der Waals surface area contributed by atoms with Crippen molar-refractivity contribution in [2.75, 3.05) is 0 Å². The van der Waals surface area contributed by atoms with Crippen molar-refractivity contribution in [3.8, 4) is 0 Å². The molecule has 0 atom stereocenters. The van der Waals surface area contributed by atoms with Gasteiger partial charge in [0, 0.05) is 0 Å². The van der Waals surface area contributed by atoms with E-state index in [4.69, 9.17) is 10.2 Å². The number of aliphatic carboxylic acids is 2. The van der Waals surface area contributed by atoms with E-state index in [0.717, 1.165) is 19.3 Å². The molecule has 0 aromatic rings. The summed E-state index contributed by atoms with van der Waals surface area (Å²) in [7, 11) is 0. The molecule has 4 heteroatoms. The third kappa shape index (κ3) is 12.4. The van der Waals surface area contributed by atoms with Gasteiger partial charge in [0.15, 0.2) is 5.92 Å². The van der Waals surface area contributed by atoms with Gasteiger partial charge in [0.25, 0.3) is 0 Å². The molecule has 0 aromatic carbocycles. The lowest BCUT2D eigenvalue weighted by Gasteiger charge is -2.02. The largest absolute Gasteiger partial charge is 0.480 e. The second kappa shape index (κ2) is 14.6. The zero-order chi connectivity index (χ0) is 16.6. The van der Waals surface area contributed by atoms with Crippen molar-refractivity contribution in [1.82, 2.24) is 0 Å². The predicted octanol–water partition coefficient (Wildman–Crippen LogP) is 5.03. The van der Waals surface area contributed by atoms with Gasteiger partial charge in [-0.15, -0.1) is 0 Å². The number of carboxylic acid groups (broad SMARTS) is 2. The van der Waals surface area contributed by atoms with E-state index in [1.807, 2.05) is 0 Å². The van der Waals surface area contributed by atoms with Crippen LogP contribution in [0.5, 0.6) is 0 Å². The molecular weight excluding hydrogens is 280 g/mol. The summed E-state index contributed by atoms with van der Waals surface area (Å²) >= 11 is 0. The summed E-state index contributed by atoms with van der Waals surface area (Å²) in [6.45, 7) is 2.23. The highest BCUT2D eigenvalue weighted by atomic mass is 16.4. The molecule has 0 aliphatic carbocycles. The van der Waals surface area contributed by atoms with E-state index in [2.05, 4.69) is 6.92 Å². The maximum absolute atomic E-state index is 10.7. The van der Waals surface area contributed by atoms with Crippen LogP contribution in [0.3, 0.4) is 0 Å². The zero-order valence-corrected chi connectivity index (χ0v) is 13.9. The van der Waals surface area contributed by atoms with Gasteiger partial charge in [-0.25, -0.2) is 0 Å². The number of hydrogen-bond donors (Lipinski definition) is 2. The third-order valence-corrected chi connectivity index (χ3v) is 3.83. The quantitative estimate of drug-likeness (QED) is 0.253. The molecule has 0 bridgehead atoms. The SMILES string of the molecule is CCCCCCCCCCCCC/C=C\C(C(=O)O)C(=O)O. The zero-order valence-electron chi connectivity index (χ0n) is 13.9. The maximum atomic E-state index is 10.7. The number of allylic oxidation sites excluding steroid dienone is 1. The predicted molar refractivity (Wildman–Crippen MR) is 89.0 cm³/mol. The van der Waals surface area contributed by atoms with Gasteiger partial charge in [-0.05, 0) is 12.8 Å². The minimum absolute atomic E-state index is 0.758. The summed E-state index contributed by atoms with van der Waals surface area (Å²) in [6.07, 6.45) is 17.7. The first kappa shape index (κ1) is 20.7. The molecule has 0 aromatic heterocycles. The molecule has 0 aliphatic heterocycles. The van der Waals surface area contributed by atoms with Crippen LogP contribution in [0.2, 0.25) is 0 Å². The Morgan fingerprint density at radius 1 is 0.773 bits per heavy atom. The monoisotopic (exact) mass is 312 g/mol. The molecule has 0 aliphatic rings. The van der Waals surface area contributed by atoms with Crippen LogP contribution in [0.25, 0.3) is 0 Å². The number of hydrogen-bond acceptors (Lipinski definition) is 2. The Labute approximate surface area is 134 Å². The molecule has 128 valence electrons. The first-order valence-corrected chi connectivity index (χ1v) is 8.71. The fourth-order valence-corrected chi connectivity index (χ4v) is 2.43. The van der Waals surface area contributed by atoms with Gasteiger partial charge < -0.3 is 10.2 Å². The van der Waals surface area contributed by atoms with Gasteiger partial charge in [-0.1, -0.05) is 83.3 Å². The average molecular weight is 312 g/mol. The van der Waals surface area contributed by atoms with Crippen LogP contribution in [0.15, 0.2) is 12.2 Å². The highest BCUT2D eigenvalue weighted by Crippen LogP contribution is 2.12. The number of rotatable bonds is 15. The molecule has 4 nitrogen and oxygen atoms in total. The average Bonchev–Trinajstić information content (AvgIpc) is 2.46. The molecular formula is C18H32O4. The van der Waals surface area contributed by atoms with E-state index in [0.29, 0.717) is 0 Å². The maximum Gasteiger partial charge on any atom is 0.321 e. The lowest BCUT2D eigenvalue weighted by atomic mass is 10.0. The van der Waals surface area contributed by atoms with Crippen molar-refractivity contribution in [3.05, 3.63) is 12.2 Å². The summed E-state index contributed by atoms with van der Waals surface area (Å²) in [4.78, 5) is 21.3. The van der Waals surface area contributed by atoms with E-state index in [1.165, 1.54) is 63.9 Å². The van der Waals surface area contributed by atoms with Crippen molar-refractivity contribution in [2.45, 2.75) is 84.0 Å². The van der Waals surface area contributed by atoms with Crippen molar-refractivity contribution in [2.24, 2.45) is 5.92 Å². The number of carbonyl (C=O) groups is 2. The van der Waals surface area contributed by atoms with Crippen LogP contribution in [0.1, 0.15) is 84.0 Å². The Balaban J connectivity index is 3.39. The Bertz CT molecular complexity index is 309. The van der Waals surface area contributed by atoms with E-state index in [9.17, 15) is 9.59 Å². The van der Waals surface area contributed by atoms with Crippen LogP contribution < -0.4 is 0 Å². The molecule has 0 unspecified atom stereocenters. The molecule has 0 rings (SSSR count). The summed E-state index contributed by atoms with van der Waals surface area (Å²) < 4.78 is 0. The summed E-state index contributed by atoms with van der Waals surface area (Å²) in [5.41, 5.74) is 0. The van der Waals surface area contributed by atoms with Crippen molar-refractivity contribution < 1.29 is 19.8 Å². The molecule has 0 saturated carbocycles. The Morgan fingerprint density at radius 3 is 1.59 bits per heavy atom. The first-order valence-electron chi connectivity index (χ1n) is 8.71. The molecule has 0 spiro atoms. The van der Waals surface area contributed by atoms with E-state index < -0.39 is 17.9 Å². The Morgan fingerprint density at radius 2 is 1.18 bits per heavy atom. The van der Waals surface area contributed by atoms with Crippen LogP contribution in [-0.4, -0.2) is 22.2 Å². The van der Waals surface area contributed by atoms with Crippen LogP contribution in [-0.2, 0) is 9.59 Å². The molecule has 22 heavy (non-hydrogen) atoms. The molecule has 0 radical (unpaired) electrons. The van der Waals surface area contributed by atoms with Crippen LogP contribution in [0.4, 0.5) is 0 Å². The minimum Gasteiger partial charge on any atom is -0.480 e. The number of carboxylic acids is 2. The van der Waals surface area contributed by atoms with Gasteiger partial charge in [0.2, 0.25) is 0 Å². The number of unbranched alkanes of at least 4 members (excludes halogenated alkanes) is 11. The molecule has 0 amide bonds. The normalized spacial score (nSPS) is 11.4. The van der Waals surface area contributed by atoms with E-state index >= 15 is 0 Å². The van der Waals surface area contributed by atoms with E-state index in [1.54, 1.807) is 6.08 Å². The van der Waals surface area contributed by atoms with E-state index in [-0.39, 0.29) is 0 Å². The second-order valence-electron chi connectivity index (χ2n) is 5.91. The van der Waals surface area contributed by atoms with Crippen LogP contribution in [0, 0.1) is 5.92 Å². The van der Waals surface area contributed by atoms with Crippen molar-refractivity contribution in [3.63, 3.8) is 0 Å². The molecule has 0 heterocycles. The van der Waals surface area contributed by atoms with Gasteiger partial charge in [-0.2, -0.15) is 0 Å². The van der Waals surface area contributed by atoms with Gasteiger partial charge in [0.1, 0.15) is 0 Å². The lowest BCUT2D eigenvalue weighted by Crippen LogP contribution is -2.20. The summed E-state index contributed by atoms with van der Waals surface area (Å²) in [5, 5.41) is 17.4. The smallest absolute Gasteiger partial charge is 0.321 e. The van der Waals surface area contributed by atoms with Gasteiger partial charge in [0.05, 0.1) is 0 Å². The van der Waals surface area contributed by atoms with Crippen molar-refractivity contribution >= 4 is 11.9 Å². The van der Waals surface area contributed by atoms with Gasteiger partial charge >= 0.3 is 11.9 Å². The Hall–Kier alpha value is -1.32. The first-order chi connectivity index (χ1) is 10.6. The third-order valence-electron chi connectivity index (χ3n) is 3.83. The summed E-state index contributed by atoms with van der Waals surface area (Å²) in [6, 6.07) is 0. The van der Waals surface area contributed by atoms with Crippen molar-refractivity contribution in [1.29, 1.82) is 0 Å². The fourth-order valence-electron chi connectivity index (χ4n) is 2.43. The fraction of sp³-hybridized carbons (Fsp3) is 0.778. The van der Waals surface area contributed by atoms with Gasteiger partial charge in [-0.3, -0.25) is 9.59 Å². The topological polar surface area (TPSA) is 74.6 Å². The Kier molecular flexibility index (Phi) is 13.7. The highest BCUT2D eigenvalue weighted by molar-refractivity contribution is 5.94. The molecule has 0 fully saturated rings. The molecule has 0 saturated heterocycles. The molecule has 2 N–H and O–H groups in total.